The summed E-state index contributed by atoms with van der Waals surface area (Å²) in [5, 5.41) is 0. The highest BCUT2D eigenvalue weighted by Gasteiger charge is 2.18. The van der Waals surface area contributed by atoms with Crippen LogP contribution in [0.4, 0.5) is 0 Å². The first-order valence-corrected chi connectivity index (χ1v) is 4.02. The number of hydrogen-bond acceptors (Lipinski definition) is 3. The second-order valence-electron chi connectivity index (χ2n) is 2.83. The lowest BCUT2D eigenvalue weighted by molar-refractivity contribution is 0.558. The predicted octanol–water partition coefficient (Wildman–Crippen LogP) is 1.93. The zero-order valence-corrected chi connectivity index (χ0v) is 6.77. The standard InChI is InChI=1S/C10H6N2O/c1-2-10(13-5-1)9-6-8-7(12-9)3-4-11-8/h1-6H. The minimum absolute atomic E-state index is 0.790. The molecule has 1 aromatic heterocycles. The Morgan fingerprint density at radius 3 is 3.00 bits per heavy atom. The number of furan rings is 1. The lowest BCUT2D eigenvalue weighted by atomic mass is 10.3. The quantitative estimate of drug-likeness (QED) is 0.634. The Balaban J connectivity index is 2.07. The van der Waals surface area contributed by atoms with E-state index in [1.54, 1.807) is 12.5 Å². The van der Waals surface area contributed by atoms with Crippen molar-refractivity contribution < 1.29 is 4.42 Å². The molecule has 0 amide bonds. The van der Waals surface area contributed by atoms with E-state index >= 15 is 0 Å². The van der Waals surface area contributed by atoms with Gasteiger partial charge in [-0.2, -0.15) is 0 Å². The maximum atomic E-state index is 5.23. The van der Waals surface area contributed by atoms with E-state index in [4.69, 9.17) is 4.42 Å². The van der Waals surface area contributed by atoms with Gasteiger partial charge in [-0.25, -0.2) is 4.99 Å². The van der Waals surface area contributed by atoms with Crippen molar-refractivity contribution in [3.8, 4) is 0 Å². The number of nitrogens with zero attached hydrogens (tertiary/aromatic N) is 2. The highest BCUT2D eigenvalue weighted by atomic mass is 16.3. The lowest BCUT2D eigenvalue weighted by Gasteiger charge is -1.88. The fourth-order valence-corrected chi connectivity index (χ4v) is 1.39. The van der Waals surface area contributed by atoms with Crippen LogP contribution in [0.15, 0.2) is 56.3 Å². The van der Waals surface area contributed by atoms with Crippen LogP contribution in [-0.2, 0) is 0 Å². The Kier molecular flexibility index (Phi) is 1.16. The van der Waals surface area contributed by atoms with E-state index in [9.17, 15) is 0 Å². The molecule has 0 aliphatic carbocycles. The molecule has 3 heteroatoms. The lowest BCUT2D eigenvalue weighted by Crippen LogP contribution is -1.89. The number of aliphatic imine (C=N–C) groups is 2. The van der Waals surface area contributed by atoms with Gasteiger partial charge in [0, 0.05) is 6.21 Å². The molecule has 0 saturated heterocycles. The topological polar surface area (TPSA) is 37.9 Å². The molecule has 3 nitrogen and oxygen atoms in total. The minimum atomic E-state index is 0.790. The molecule has 13 heavy (non-hydrogen) atoms. The van der Waals surface area contributed by atoms with Gasteiger partial charge in [0.2, 0.25) is 0 Å². The molecule has 2 aliphatic heterocycles. The highest BCUT2D eigenvalue weighted by molar-refractivity contribution is 6.11. The normalized spacial score (nSPS) is 18.3. The van der Waals surface area contributed by atoms with Gasteiger partial charge in [-0.15, -0.1) is 0 Å². The van der Waals surface area contributed by atoms with Crippen LogP contribution in [0, 0.1) is 0 Å². The maximum absolute atomic E-state index is 5.23. The van der Waals surface area contributed by atoms with Gasteiger partial charge in [-0.3, -0.25) is 4.99 Å². The van der Waals surface area contributed by atoms with Crippen molar-refractivity contribution >= 4 is 11.9 Å². The summed E-state index contributed by atoms with van der Waals surface area (Å²) in [7, 11) is 0. The first-order chi connectivity index (χ1) is 6.43. The number of allylic oxidation sites excluding steroid dienone is 2. The monoisotopic (exact) mass is 170 g/mol. The van der Waals surface area contributed by atoms with Crippen molar-refractivity contribution in [3.63, 3.8) is 0 Å². The highest BCUT2D eigenvalue weighted by Crippen LogP contribution is 2.25. The van der Waals surface area contributed by atoms with Gasteiger partial charge in [0.1, 0.15) is 5.71 Å². The Morgan fingerprint density at radius 1 is 1.23 bits per heavy atom. The van der Waals surface area contributed by atoms with Gasteiger partial charge in [0.05, 0.1) is 17.7 Å². The number of hydrogen-bond donors (Lipinski definition) is 0. The Morgan fingerprint density at radius 2 is 2.23 bits per heavy atom. The van der Waals surface area contributed by atoms with Crippen LogP contribution in [0.1, 0.15) is 5.76 Å². The zero-order valence-electron chi connectivity index (χ0n) is 6.77. The summed E-state index contributed by atoms with van der Waals surface area (Å²) in [6.45, 7) is 0. The van der Waals surface area contributed by atoms with E-state index in [-0.39, 0.29) is 0 Å². The van der Waals surface area contributed by atoms with Crippen molar-refractivity contribution in [2.75, 3.05) is 0 Å². The Labute approximate surface area is 74.8 Å². The summed E-state index contributed by atoms with van der Waals surface area (Å²) in [6, 6.07) is 3.74. The molecule has 0 N–H and O–H groups in total. The fraction of sp³-hybridized carbons (Fsp3) is 0. The molecule has 0 atom stereocenters. The van der Waals surface area contributed by atoms with Crippen LogP contribution in [-0.4, -0.2) is 11.9 Å². The van der Waals surface area contributed by atoms with Crippen LogP contribution in [0.3, 0.4) is 0 Å². The average Bonchev–Trinajstić information content (AvgIpc) is 2.78. The van der Waals surface area contributed by atoms with Crippen LogP contribution < -0.4 is 0 Å². The summed E-state index contributed by atoms with van der Waals surface area (Å²) >= 11 is 0. The molecule has 2 aliphatic rings. The molecule has 0 radical (unpaired) electrons. The molecule has 0 aromatic carbocycles. The predicted molar refractivity (Wildman–Crippen MR) is 49.9 cm³/mol. The van der Waals surface area contributed by atoms with Crippen molar-refractivity contribution in [1.82, 2.24) is 0 Å². The van der Waals surface area contributed by atoms with E-state index in [1.165, 1.54) is 0 Å². The smallest absolute Gasteiger partial charge is 0.152 e. The number of rotatable bonds is 1. The van der Waals surface area contributed by atoms with Crippen LogP contribution in [0.5, 0.6) is 0 Å². The minimum Gasteiger partial charge on any atom is -0.463 e. The van der Waals surface area contributed by atoms with Crippen molar-refractivity contribution in [3.05, 3.63) is 47.7 Å². The molecule has 0 saturated carbocycles. The Bertz CT molecular complexity index is 461. The molecule has 3 heterocycles. The van der Waals surface area contributed by atoms with Gasteiger partial charge in [0.25, 0.3) is 0 Å². The molecule has 1 aromatic rings. The first-order valence-electron chi connectivity index (χ1n) is 4.02. The van der Waals surface area contributed by atoms with E-state index in [2.05, 4.69) is 9.98 Å². The molecule has 3 rings (SSSR count). The van der Waals surface area contributed by atoms with Crippen molar-refractivity contribution in [2.45, 2.75) is 0 Å². The van der Waals surface area contributed by atoms with Gasteiger partial charge >= 0.3 is 0 Å². The summed E-state index contributed by atoms with van der Waals surface area (Å²) in [4.78, 5) is 8.50. The van der Waals surface area contributed by atoms with Gasteiger partial charge in [-0.05, 0) is 24.3 Å². The Hall–Kier alpha value is -1.90. The van der Waals surface area contributed by atoms with Gasteiger partial charge < -0.3 is 4.42 Å². The summed E-state index contributed by atoms with van der Waals surface area (Å²) in [5.41, 5.74) is 2.70. The molecular formula is C10H6N2O. The maximum Gasteiger partial charge on any atom is 0.152 e. The van der Waals surface area contributed by atoms with Crippen LogP contribution in [0.2, 0.25) is 0 Å². The molecular weight excluding hydrogens is 164 g/mol. The average molecular weight is 170 g/mol. The summed E-state index contributed by atoms with van der Waals surface area (Å²) in [6.07, 6.45) is 7.21. The fourth-order valence-electron chi connectivity index (χ4n) is 1.39. The molecule has 0 bridgehead atoms. The third kappa shape index (κ3) is 0.902. The summed E-state index contributed by atoms with van der Waals surface area (Å²) in [5.74, 6) is 0.790. The first kappa shape index (κ1) is 6.60. The van der Waals surface area contributed by atoms with Gasteiger partial charge in [-0.1, -0.05) is 0 Å². The van der Waals surface area contributed by atoms with Crippen molar-refractivity contribution in [1.29, 1.82) is 0 Å². The number of fused-ring (bicyclic) bond motifs is 1. The largest absolute Gasteiger partial charge is 0.463 e. The third-order valence-corrected chi connectivity index (χ3v) is 2.00. The molecule has 0 fully saturated rings. The summed E-state index contributed by atoms with van der Waals surface area (Å²) < 4.78 is 5.23. The van der Waals surface area contributed by atoms with E-state index in [1.807, 2.05) is 24.3 Å². The SMILES string of the molecule is C1=NC2=CC(c3ccco3)=NC2=C1. The van der Waals surface area contributed by atoms with E-state index < -0.39 is 0 Å². The molecule has 0 unspecified atom stereocenters. The van der Waals surface area contributed by atoms with Crippen LogP contribution >= 0.6 is 0 Å². The van der Waals surface area contributed by atoms with E-state index in [0.29, 0.717) is 0 Å². The van der Waals surface area contributed by atoms with Crippen LogP contribution in [0.25, 0.3) is 0 Å². The zero-order chi connectivity index (χ0) is 8.67. The van der Waals surface area contributed by atoms with Gasteiger partial charge in [0.15, 0.2) is 5.76 Å². The van der Waals surface area contributed by atoms with Crippen molar-refractivity contribution in [2.24, 2.45) is 9.98 Å². The second-order valence-corrected chi connectivity index (χ2v) is 2.83. The van der Waals surface area contributed by atoms with E-state index in [0.717, 1.165) is 22.9 Å². The molecule has 0 spiro atoms. The molecule has 62 valence electrons. The third-order valence-electron chi connectivity index (χ3n) is 2.00. The second kappa shape index (κ2) is 2.29.